The quantitative estimate of drug-likeness (QED) is 0.797. The summed E-state index contributed by atoms with van der Waals surface area (Å²) in [6.07, 6.45) is 9.54. The molecule has 2 bridgehead atoms. The van der Waals surface area contributed by atoms with E-state index in [0.717, 1.165) is 10.2 Å². The summed E-state index contributed by atoms with van der Waals surface area (Å²) in [5.41, 5.74) is 0.598. The molecule has 1 heterocycles. The van der Waals surface area contributed by atoms with Gasteiger partial charge in [-0.25, -0.2) is 0 Å². The lowest BCUT2D eigenvalue weighted by atomic mass is 9.38. The molecule has 3 fully saturated rings. The lowest BCUT2D eigenvalue weighted by Gasteiger charge is -2.70. The Balaban J connectivity index is 1.79. The topological polar surface area (TPSA) is 27.1 Å². The highest BCUT2D eigenvalue weighted by molar-refractivity contribution is 9.10. The normalized spacial score (nSPS) is 36.6. The molecule has 3 nitrogen and oxygen atoms in total. The van der Waals surface area contributed by atoms with Gasteiger partial charge in [0, 0.05) is 11.6 Å². The Hall–Kier alpha value is -0.770. The summed E-state index contributed by atoms with van der Waals surface area (Å²) >= 11 is 3.45. The Labute approximate surface area is 104 Å². The van der Waals surface area contributed by atoms with Crippen molar-refractivity contribution < 1.29 is 4.74 Å². The maximum absolute atomic E-state index is 5.45. The third-order valence-electron chi connectivity index (χ3n) is 4.04. The van der Waals surface area contributed by atoms with Gasteiger partial charge in [0.15, 0.2) is 0 Å². The van der Waals surface area contributed by atoms with Crippen molar-refractivity contribution in [3.8, 4) is 0 Å². The summed E-state index contributed by atoms with van der Waals surface area (Å²) in [5, 5.41) is 4.40. The highest BCUT2D eigenvalue weighted by Gasteiger charge is 2.71. The second kappa shape index (κ2) is 3.13. The molecule has 0 radical (unpaired) electrons. The van der Waals surface area contributed by atoms with Crippen LogP contribution in [-0.4, -0.2) is 16.9 Å². The van der Waals surface area contributed by atoms with E-state index in [-0.39, 0.29) is 5.54 Å². The number of hydrogen-bond donors (Lipinski definition) is 0. The zero-order chi connectivity index (χ0) is 11.4. The van der Waals surface area contributed by atoms with Gasteiger partial charge < -0.3 is 4.74 Å². The number of aromatic nitrogens is 2. The van der Waals surface area contributed by atoms with E-state index in [1.54, 1.807) is 7.11 Å². The maximum atomic E-state index is 5.45. The minimum Gasteiger partial charge on any atom is -0.501 e. The van der Waals surface area contributed by atoms with Gasteiger partial charge in [0.1, 0.15) is 0 Å². The Morgan fingerprint density at radius 1 is 1.56 bits per heavy atom. The zero-order valence-electron chi connectivity index (χ0n) is 9.53. The zero-order valence-corrected chi connectivity index (χ0v) is 11.1. The lowest BCUT2D eigenvalue weighted by molar-refractivity contribution is -0.188. The third kappa shape index (κ3) is 1.11. The molecule has 0 aliphatic heterocycles. The number of methoxy groups -OCH3 is 1. The molecule has 0 spiro atoms. The van der Waals surface area contributed by atoms with Gasteiger partial charge in [0.05, 0.1) is 29.1 Å². The first kappa shape index (κ1) is 10.4. The Kier molecular flexibility index (Phi) is 2.03. The molecule has 3 saturated carbocycles. The first-order valence-electron chi connectivity index (χ1n) is 5.56. The average Bonchev–Trinajstić information content (AvgIpc) is 2.55. The highest BCUT2D eigenvalue weighted by Crippen LogP contribution is 2.74. The number of ether oxygens (including phenoxy) is 1. The van der Waals surface area contributed by atoms with Gasteiger partial charge in [0.2, 0.25) is 0 Å². The van der Waals surface area contributed by atoms with E-state index < -0.39 is 0 Å². The molecule has 1 aromatic heterocycles. The number of halogens is 1. The fraction of sp³-hybridized carbons (Fsp3) is 0.583. The summed E-state index contributed by atoms with van der Waals surface area (Å²) in [6, 6.07) is 0. The molecular formula is C12H15BrN2O. The number of hydrogen-bond acceptors (Lipinski definition) is 2. The van der Waals surface area contributed by atoms with Crippen molar-refractivity contribution in [3.05, 3.63) is 28.7 Å². The van der Waals surface area contributed by atoms with Crippen molar-refractivity contribution in [1.29, 1.82) is 0 Å². The first-order chi connectivity index (χ1) is 7.64. The van der Waals surface area contributed by atoms with Crippen molar-refractivity contribution in [2.75, 3.05) is 7.11 Å². The fourth-order valence-corrected chi connectivity index (χ4v) is 3.72. The smallest absolute Gasteiger partial charge is 0.0977 e. The molecule has 3 aliphatic carbocycles. The third-order valence-corrected chi connectivity index (χ3v) is 4.45. The first-order valence-corrected chi connectivity index (χ1v) is 6.35. The van der Waals surface area contributed by atoms with Gasteiger partial charge in [-0.1, -0.05) is 0 Å². The number of rotatable bonds is 3. The van der Waals surface area contributed by atoms with E-state index in [9.17, 15) is 0 Å². The van der Waals surface area contributed by atoms with Crippen molar-refractivity contribution in [2.24, 2.45) is 5.41 Å². The van der Waals surface area contributed by atoms with E-state index in [1.165, 1.54) is 19.3 Å². The molecule has 1 aromatic rings. The summed E-state index contributed by atoms with van der Waals surface area (Å²) in [6.45, 7) is 2.05. The minimum atomic E-state index is 0.277. The van der Waals surface area contributed by atoms with Gasteiger partial charge in [-0.05, 0) is 48.2 Å². The number of nitrogens with zero attached hydrogens (tertiary/aromatic N) is 2. The standard InChI is InChI=1S/C12H15BrN2O/c1-3-10(16-2)11-6-12(7-11,8-11)15-5-9(13)4-14-15/h3-5H,6-8H2,1-2H3/b10-3+. The van der Waals surface area contributed by atoms with Crippen LogP contribution in [0.15, 0.2) is 28.7 Å². The molecule has 86 valence electrons. The molecular weight excluding hydrogens is 268 g/mol. The van der Waals surface area contributed by atoms with Crippen LogP contribution in [0.4, 0.5) is 0 Å². The van der Waals surface area contributed by atoms with Crippen LogP contribution >= 0.6 is 15.9 Å². The molecule has 0 N–H and O–H groups in total. The van der Waals surface area contributed by atoms with Crippen molar-refractivity contribution in [1.82, 2.24) is 9.78 Å². The second-order valence-corrected chi connectivity index (χ2v) is 5.91. The van der Waals surface area contributed by atoms with Gasteiger partial charge in [-0.3, -0.25) is 4.68 Å². The highest BCUT2D eigenvalue weighted by atomic mass is 79.9. The van der Waals surface area contributed by atoms with Crippen molar-refractivity contribution in [3.63, 3.8) is 0 Å². The predicted molar refractivity (Wildman–Crippen MR) is 65.0 cm³/mol. The van der Waals surface area contributed by atoms with Crippen LogP contribution in [-0.2, 0) is 10.3 Å². The summed E-state index contributed by atoms with van der Waals surface area (Å²) < 4.78 is 8.62. The summed E-state index contributed by atoms with van der Waals surface area (Å²) in [4.78, 5) is 0. The van der Waals surface area contributed by atoms with Crippen LogP contribution in [0.1, 0.15) is 26.2 Å². The second-order valence-electron chi connectivity index (χ2n) is 5.00. The van der Waals surface area contributed by atoms with E-state index >= 15 is 0 Å². The van der Waals surface area contributed by atoms with E-state index in [2.05, 4.69) is 44.9 Å². The molecule has 4 rings (SSSR count). The van der Waals surface area contributed by atoms with E-state index in [0.29, 0.717) is 5.41 Å². The van der Waals surface area contributed by atoms with Crippen LogP contribution in [0.25, 0.3) is 0 Å². The Bertz CT molecular complexity index is 444. The molecule has 0 amide bonds. The summed E-state index contributed by atoms with van der Waals surface area (Å²) in [5.74, 6) is 1.15. The van der Waals surface area contributed by atoms with Gasteiger partial charge >= 0.3 is 0 Å². The minimum absolute atomic E-state index is 0.277. The SMILES string of the molecule is C/C=C(/OC)C12CC(n3cc(Br)cn3)(C1)C2. The monoisotopic (exact) mass is 282 g/mol. The molecule has 0 saturated heterocycles. The van der Waals surface area contributed by atoms with Gasteiger partial charge in [-0.2, -0.15) is 5.10 Å². The lowest BCUT2D eigenvalue weighted by Crippen LogP contribution is -2.68. The average molecular weight is 283 g/mol. The summed E-state index contributed by atoms with van der Waals surface area (Å²) in [7, 11) is 1.77. The molecule has 3 aliphatic rings. The van der Waals surface area contributed by atoms with Gasteiger partial charge in [0.25, 0.3) is 0 Å². The number of allylic oxidation sites excluding steroid dienone is 2. The Morgan fingerprint density at radius 2 is 2.25 bits per heavy atom. The van der Waals surface area contributed by atoms with Crippen molar-refractivity contribution in [2.45, 2.75) is 31.7 Å². The van der Waals surface area contributed by atoms with Crippen LogP contribution in [0.2, 0.25) is 0 Å². The van der Waals surface area contributed by atoms with E-state index in [1.807, 2.05) is 6.20 Å². The Morgan fingerprint density at radius 3 is 2.69 bits per heavy atom. The molecule has 4 heteroatoms. The molecule has 0 atom stereocenters. The van der Waals surface area contributed by atoms with Gasteiger partial charge in [-0.15, -0.1) is 0 Å². The van der Waals surface area contributed by atoms with Crippen LogP contribution in [0, 0.1) is 5.41 Å². The van der Waals surface area contributed by atoms with E-state index in [4.69, 9.17) is 4.74 Å². The molecule has 0 unspecified atom stereocenters. The van der Waals surface area contributed by atoms with Crippen LogP contribution < -0.4 is 0 Å². The predicted octanol–water partition coefficient (Wildman–Crippen LogP) is 3.08. The molecule has 16 heavy (non-hydrogen) atoms. The fourth-order valence-electron chi connectivity index (χ4n) is 3.44. The maximum Gasteiger partial charge on any atom is 0.0977 e. The largest absolute Gasteiger partial charge is 0.501 e. The van der Waals surface area contributed by atoms with Crippen LogP contribution in [0.3, 0.4) is 0 Å². The molecule has 0 aromatic carbocycles. The van der Waals surface area contributed by atoms with Crippen LogP contribution in [0.5, 0.6) is 0 Å². The van der Waals surface area contributed by atoms with Crippen molar-refractivity contribution >= 4 is 15.9 Å².